The van der Waals surface area contributed by atoms with Gasteiger partial charge in [-0.05, 0) is 0 Å². The van der Waals surface area contributed by atoms with Gasteiger partial charge in [0.25, 0.3) is 5.95 Å². The molecule has 0 aliphatic carbocycles. The topological polar surface area (TPSA) is 43.2 Å². The van der Waals surface area contributed by atoms with Crippen LogP contribution in [-0.2, 0) is 11.9 Å². The van der Waals surface area contributed by atoms with E-state index in [4.69, 9.17) is 4.84 Å². The molecular formula is C8H16N4O. The van der Waals surface area contributed by atoms with Crippen molar-refractivity contribution >= 4 is 5.95 Å². The highest BCUT2D eigenvalue weighted by Crippen LogP contribution is 2.16. The molecule has 5 nitrogen and oxygen atoms in total. The number of nitrogens with zero attached hydrogens (tertiary/aromatic N) is 4. The molecule has 0 fully saturated rings. The van der Waals surface area contributed by atoms with E-state index >= 15 is 0 Å². The molecule has 0 saturated heterocycles. The van der Waals surface area contributed by atoms with Crippen molar-refractivity contribution in [3.05, 3.63) is 5.82 Å². The number of hydroxylamine groups is 1. The summed E-state index contributed by atoms with van der Waals surface area (Å²) in [5.41, 5.74) is 0. The quantitative estimate of drug-likeness (QED) is 0.656. The third-order valence-electron chi connectivity index (χ3n) is 1.96. The number of aromatic nitrogens is 3. The van der Waals surface area contributed by atoms with Gasteiger partial charge in [-0.2, -0.15) is 0 Å². The monoisotopic (exact) mass is 184 g/mol. The smallest absolute Gasteiger partial charge is 0.250 e. The van der Waals surface area contributed by atoms with Crippen LogP contribution in [0.5, 0.6) is 0 Å². The van der Waals surface area contributed by atoms with Crippen LogP contribution in [0.2, 0.25) is 0 Å². The molecule has 0 bridgehead atoms. The highest BCUT2D eigenvalue weighted by Gasteiger charge is 2.14. The first kappa shape index (κ1) is 9.98. The zero-order chi connectivity index (χ0) is 10.0. The van der Waals surface area contributed by atoms with E-state index in [0.717, 1.165) is 5.82 Å². The van der Waals surface area contributed by atoms with Crippen molar-refractivity contribution in [1.29, 1.82) is 0 Å². The van der Waals surface area contributed by atoms with E-state index in [-0.39, 0.29) is 0 Å². The molecule has 5 heteroatoms. The van der Waals surface area contributed by atoms with Gasteiger partial charge in [0, 0.05) is 20.0 Å². The second kappa shape index (κ2) is 3.74. The summed E-state index contributed by atoms with van der Waals surface area (Å²) in [6.07, 6.45) is 0. The minimum atomic E-state index is 0.372. The predicted octanol–water partition coefficient (Wildman–Crippen LogP) is 0.936. The Morgan fingerprint density at radius 1 is 1.38 bits per heavy atom. The van der Waals surface area contributed by atoms with Gasteiger partial charge in [-0.3, -0.25) is 9.40 Å². The fourth-order valence-corrected chi connectivity index (χ4v) is 1.19. The van der Waals surface area contributed by atoms with Crippen LogP contribution in [-0.4, -0.2) is 28.9 Å². The maximum atomic E-state index is 5.02. The standard InChI is InChI=1S/C8H16N4O/c1-6(2)7-9-10-8(11(7)3)12(4)13-5/h6H,1-5H3. The third-order valence-corrected chi connectivity index (χ3v) is 1.96. The summed E-state index contributed by atoms with van der Waals surface area (Å²) < 4.78 is 1.92. The molecule has 74 valence electrons. The Bertz CT molecular complexity index is 282. The van der Waals surface area contributed by atoms with Crippen molar-refractivity contribution in [2.24, 2.45) is 7.05 Å². The minimum absolute atomic E-state index is 0.372. The van der Waals surface area contributed by atoms with Gasteiger partial charge in [-0.15, -0.1) is 10.2 Å². The normalized spacial score (nSPS) is 10.9. The van der Waals surface area contributed by atoms with Crippen LogP contribution < -0.4 is 5.06 Å². The Labute approximate surface area is 78.3 Å². The Morgan fingerprint density at radius 2 is 2.00 bits per heavy atom. The van der Waals surface area contributed by atoms with Crippen molar-refractivity contribution in [1.82, 2.24) is 14.8 Å². The lowest BCUT2D eigenvalue weighted by Gasteiger charge is -2.14. The second-order valence-electron chi connectivity index (χ2n) is 3.25. The summed E-state index contributed by atoms with van der Waals surface area (Å²) in [7, 11) is 5.33. The zero-order valence-electron chi connectivity index (χ0n) is 8.77. The van der Waals surface area contributed by atoms with E-state index in [1.54, 1.807) is 19.2 Å². The average Bonchev–Trinajstić information content (AvgIpc) is 2.46. The molecule has 0 saturated carbocycles. The van der Waals surface area contributed by atoms with Crippen molar-refractivity contribution < 1.29 is 4.84 Å². The summed E-state index contributed by atoms with van der Waals surface area (Å²) in [6, 6.07) is 0. The highest BCUT2D eigenvalue weighted by molar-refractivity contribution is 5.25. The second-order valence-corrected chi connectivity index (χ2v) is 3.25. The van der Waals surface area contributed by atoms with Gasteiger partial charge in [0.05, 0.1) is 7.11 Å². The molecule has 0 radical (unpaired) electrons. The molecule has 1 aromatic heterocycles. The summed E-state index contributed by atoms with van der Waals surface area (Å²) in [5.74, 6) is 2.04. The lowest BCUT2D eigenvalue weighted by atomic mass is 10.2. The van der Waals surface area contributed by atoms with Gasteiger partial charge in [-0.25, -0.2) is 5.06 Å². The van der Waals surface area contributed by atoms with E-state index in [9.17, 15) is 0 Å². The maximum Gasteiger partial charge on any atom is 0.250 e. The van der Waals surface area contributed by atoms with Crippen LogP contribution >= 0.6 is 0 Å². The van der Waals surface area contributed by atoms with E-state index in [0.29, 0.717) is 11.9 Å². The van der Waals surface area contributed by atoms with E-state index < -0.39 is 0 Å². The molecule has 1 heterocycles. The molecule has 0 amide bonds. The third kappa shape index (κ3) is 1.80. The zero-order valence-corrected chi connectivity index (χ0v) is 8.77. The van der Waals surface area contributed by atoms with Gasteiger partial charge >= 0.3 is 0 Å². The van der Waals surface area contributed by atoms with Gasteiger partial charge in [0.1, 0.15) is 5.82 Å². The fourth-order valence-electron chi connectivity index (χ4n) is 1.19. The number of hydrogen-bond acceptors (Lipinski definition) is 4. The molecule has 0 atom stereocenters. The van der Waals surface area contributed by atoms with Crippen molar-refractivity contribution in [2.45, 2.75) is 19.8 Å². The molecule has 0 aliphatic rings. The number of hydrogen-bond donors (Lipinski definition) is 0. The molecule has 0 spiro atoms. The van der Waals surface area contributed by atoms with Gasteiger partial charge in [-0.1, -0.05) is 13.8 Å². The Balaban J connectivity index is 2.99. The Kier molecular flexibility index (Phi) is 2.87. The fraction of sp³-hybridized carbons (Fsp3) is 0.750. The molecule has 1 aromatic rings. The summed E-state index contributed by atoms with van der Waals surface area (Å²) in [4.78, 5) is 5.02. The number of rotatable bonds is 3. The first-order valence-electron chi connectivity index (χ1n) is 4.25. The van der Waals surface area contributed by atoms with E-state index in [2.05, 4.69) is 24.0 Å². The van der Waals surface area contributed by atoms with Crippen LogP contribution in [0.3, 0.4) is 0 Å². The minimum Gasteiger partial charge on any atom is -0.298 e. The maximum absolute atomic E-state index is 5.02. The molecule has 0 aromatic carbocycles. The lowest BCUT2D eigenvalue weighted by molar-refractivity contribution is 0.178. The van der Waals surface area contributed by atoms with Crippen LogP contribution in [0.25, 0.3) is 0 Å². The summed E-state index contributed by atoms with van der Waals surface area (Å²) >= 11 is 0. The SMILES string of the molecule is CON(C)c1nnc(C(C)C)n1C. The van der Waals surface area contributed by atoms with Crippen molar-refractivity contribution in [3.8, 4) is 0 Å². The van der Waals surface area contributed by atoms with Crippen LogP contribution in [0.4, 0.5) is 5.95 Å². The molecule has 13 heavy (non-hydrogen) atoms. The summed E-state index contributed by atoms with van der Waals surface area (Å²) in [6.45, 7) is 4.17. The largest absolute Gasteiger partial charge is 0.298 e. The van der Waals surface area contributed by atoms with Crippen LogP contribution in [0.15, 0.2) is 0 Å². The van der Waals surface area contributed by atoms with Gasteiger partial charge in [0.2, 0.25) is 0 Å². The summed E-state index contributed by atoms with van der Waals surface area (Å²) in [5, 5.41) is 9.68. The molecule has 0 aliphatic heterocycles. The van der Waals surface area contributed by atoms with Gasteiger partial charge < -0.3 is 0 Å². The lowest BCUT2D eigenvalue weighted by Crippen LogP contribution is -2.19. The molecular weight excluding hydrogens is 168 g/mol. The highest BCUT2D eigenvalue weighted by atomic mass is 16.7. The molecule has 0 N–H and O–H groups in total. The Hall–Kier alpha value is -1.10. The average molecular weight is 184 g/mol. The first-order chi connectivity index (χ1) is 6.07. The van der Waals surface area contributed by atoms with Gasteiger partial charge in [0.15, 0.2) is 0 Å². The Morgan fingerprint density at radius 3 is 2.38 bits per heavy atom. The van der Waals surface area contributed by atoms with Crippen LogP contribution in [0.1, 0.15) is 25.6 Å². The van der Waals surface area contributed by atoms with Crippen molar-refractivity contribution in [3.63, 3.8) is 0 Å². The molecule has 1 rings (SSSR count). The number of anilines is 1. The van der Waals surface area contributed by atoms with Crippen molar-refractivity contribution in [2.75, 3.05) is 19.2 Å². The van der Waals surface area contributed by atoms with E-state index in [1.807, 2.05) is 11.6 Å². The molecule has 0 unspecified atom stereocenters. The van der Waals surface area contributed by atoms with E-state index in [1.165, 1.54) is 0 Å². The first-order valence-corrected chi connectivity index (χ1v) is 4.25. The van der Waals surface area contributed by atoms with Crippen LogP contribution in [0, 0.1) is 0 Å². The predicted molar refractivity (Wildman–Crippen MR) is 50.5 cm³/mol.